The molecule has 2 aromatic rings. The zero-order chi connectivity index (χ0) is 18.8. The second-order valence-electron chi connectivity index (χ2n) is 5.88. The summed E-state index contributed by atoms with van der Waals surface area (Å²) in [4.78, 5) is 26.2. The SMILES string of the molecule is COc1ccc([C@@H]2C(=C(O)c3ccccc3)C(=O)C(=O)N2C)c(OC)c1. The Morgan fingerprint density at radius 1 is 1.04 bits per heavy atom. The van der Waals surface area contributed by atoms with Crippen LogP contribution in [0.1, 0.15) is 17.2 Å². The molecule has 0 spiro atoms. The van der Waals surface area contributed by atoms with Gasteiger partial charge in [0.15, 0.2) is 0 Å². The lowest BCUT2D eigenvalue weighted by Gasteiger charge is -2.23. The predicted octanol–water partition coefficient (Wildman–Crippen LogP) is 2.76. The molecule has 0 radical (unpaired) electrons. The maximum atomic E-state index is 12.6. The number of ketones is 1. The van der Waals surface area contributed by atoms with Gasteiger partial charge >= 0.3 is 0 Å². The Morgan fingerprint density at radius 3 is 2.35 bits per heavy atom. The van der Waals surface area contributed by atoms with E-state index in [1.165, 1.54) is 26.2 Å². The average molecular weight is 353 g/mol. The number of likely N-dealkylation sites (tertiary alicyclic amines) is 1. The molecule has 6 nitrogen and oxygen atoms in total. The van der Waals surface area contributed by atoms with Gasteiger partial charge in [0.05, 0.1) is 25.8 Å². The number of rotatable bonds is 4. The second kappa shape index (κ2) is 6.92. The number of benzene rings is 2. The number of carbonyl (C=O) groups is 2. The van der Waals surface area contributed by atoms with Crippen molar-refractivity contribution in [3.8, 4) is 11.5 Å². The molecular weight excluding hydrogens is 334 g/mol. The molecule has 1 aliphatic rings. The van der Waals surface area contributed by atoms with E-state index in [-0.39, 0.29) is 11.3 Å². The van der Waals surface area contributed by atoms with E-state index in [9.17, 15) is 14.7 Å². The van der Waals surface area contributed by atoms with Crippen LogP contribution >= 0.6 is 0 Å². The normalized spacial score (nSPS) is 18.9. The number of nitrogens with zero attached hydrogens (tertiary/aromatic N) is 1. The fourth-order valence-corrected chi connectivity index (χ4v) is 3.11. The molecule has 1 N–H and O–H groups in total. The quantitative estimate of drug-likeness (QED) is 0.520. The van der Waals surface area contributed by atoms with Crippen LogP contribution in [0.3, 0.4) is 0 Å². The molecule has 1 aliphatic heterocycles. The second-order valence-corrected chi connectivity index (χ2v) is 5.88. The molecule has 2 aromatic carbocycles. The Hall–Kier alpha value is -3.28. The van der Waals surface area contributed by atoms with E-state index >= 15 is 0 Å². The third-order valence-corrected chi connectivity index (χ3v) is 4.46. The highest BCUT2D eigenvalue weighted by atomic mass is 16.5. The fraction of sp³-hybridized carbons (Fsp3) is 0.200. The summed E-state index contributed by atoms with van der Waals surface area (Å²) < 4.78 is 10.6. The van der Waals surface area contributed by atoms with Crippen LogP contribution in [0.5, 0.6) is 11.5 Å². The van der Waals surface area contributed by atoms with Gasteiger partial charge in [-0.15, -0.1) is 0 Å². The number of aliphatic hydroxyl groups excluding tert-OH is 1. The first-order chi connectivity index (χ1) is 12.5. The molecule has 1 atom stereocenters. The van der Waals surface area contributed by atoms with Crippen molar-refractivity contribution >= 4 is 17.4 Å². The zero-order valence-electron chi connectivity index (χ0n) is 14.7. The lowest BCUT2D eigenvalue weighted by Crippen LogP contribution is -2.25. The number of methoxy groups -OCH3 is 2. The van der Waals surface area contributed by atoms with Gasteiger partial charge in [0.1, 0.15) is 17.3 Å². The molecule has 134 valence electrons. The van der Waals surface area contributed by atoms with Crippen molar-refractivity contribution in [1.82, 2.24) is 4.90 Å². The minimum absolute atomic E-state index is 0.0344. The number of hydrogen-bond acceptors (Lipinski definition) is 5. The van der Waals surface area contributed by atoms with Gasteiger partial charge < -0.3 is 19.5 Å². The van der Waals surface area contributed by atoms with E-state index < -0.39 is 17.7 Å². The van der Waals surface area contributed by atoms with Crippen LogP contribution in [0.2, 0.25) is 0 Å². The number of carbonyl (C=O) groups excluding carboxylic acids is 2. The highest BCUT2D eigenvalue weighted by Gasteiger charge is 2.45. The van der Waals surface area contributed by atoms with Crippen LogP contribution in [0.4, 0.5) is 0 Å². The molecule has 1 amide bonds. The van der Waals surface area contributed by atoms with Crippen molar-refractivity contribution in [2.24, 2.45) is 0 Å². The van der Waals surface area contributed by atoms with E-state index in [0.717, 1.165) is 0 Å². The van der Waals surface area contributed by atoms with Crippen molar-refractivity contribution in [2.75, 3.05) is 21.3 Å². The first kappa shape index (κ1) is 17.5. The topological polar surface area (TPSA) is 76.1 Å². The fourth-order valence-electron chi connectivity index (χ4n) is 3.11. The summed E-state index contributed by atoms with van der Waals surface area (Å²) in [5, 5.41) is 10.7. The molecule has 26 heavy (non-hydrogen) atoms. The van der Waals surface area contributed by atoms with E-state index in [2.05, 4.69) is 0 Å². The first-order valence-electron chi connectivity index (χ1n) is 8.01. The van der Waals surface area contributed by atoms with Gasteiger partial charge in [0.2, 0.25) is 0 Å². The lowest BCUT2D eigenvalue weighted by atomic mass is 9.94. The Morgan fingerprint density at radius 2 is 1.73 bits per heavy atom. The summed E-state index contributed by atoms with van der Waals surface area (Å²) in [6.07, 6.45) is 0. The minimum Gasteiger partial charge on any atom is -0.507 e. The predicted molar refractivity (Wildman–Crippen MR) is 96.1 cm³/mol. The number of Topliss-reactive ketones (excluding diaryl/α,β-unsaturated/α-hetero) is 1. The molecule has 6 heteroatoms. The molecule has 3 rings (SSSR count). The van der Waals surface area contributed by atoms with E-state index in [1.807, 2.05) is 0 Å². The maximum absolute atomic E-state index is 12.6. The van der Waals surface area contributed by atoms with Crippen LogP contribution in [0, 0.1) is 0 Å². The summed E-state index contributed by atoms with van der Waals surface area (Å²) in [5.74, 6) is -0.568. The third kappa shape index (κ3) is 2.79. The Balaban J connectivity index is 2.21. The summed E-state index contributed by atoms with van der Waals surface area (Å²) in [6, 6.07) is 13.0. The minimum atomic E-state index is -0.754. The van der Waals surface area contributed by atoms with Crippen molar-refractivity contribution in [3.05, 3.63) is 65.2 Å². The number of aliphatic hydroxyl groups is 1. The summed E-state index contributed by atoms with van der Waals surface area (Å²) in [7, 11) is 4.56. The Labute approximate surface area is 151 Å². The highest BCUT2D eigenvalue weighted by Crippen LogP contribution is 2.42. The number of likely N-dealkylation sites (N-methyl/N-ethyl adjacent to an activating group) is 1. The third-order valence-electron chi connectivity index (χ3n) is 4.46. The standard InChI is InChI=1S/C20H19NO5/c1-21-17(14-10-9-13(25-2)11-15(14)26-3)16(19(23)20(21)24)18(22)12-7-5-4-6-8-12/h4-11,17,22H,1-3H3/t17-/m1/s1. The summed E-state index contributed by atoms with van der Waals surface area (Å²) in [6.45, 7) is 0. The maximum Gasteiger partial charge on any atom is 0.295 e. The van der Waals surface area contributed by atoms with Crippen LogP contribution in [-0.2, 0) is 9.59 Å². The lowest BCUT2D eigenvalue weighted by molar-refractivity contribution is -0.139. The van der Waals surface area contributed by atoms with Gasteiger partial charge in [-0.3, -0.25) is 9.59 Å². The van der Waals surface area contributed by atoms with Gasteiger partial charge in [0.25, 0.3) is 11.7 Å². The zero-order valence-corrected chi connectivity index (χ0v) is 14.7. The number of hydrogen-bond donors (Lipinski definition) is 1. The Kier molecular flexibility index (Phi) is 4.67. The number of amides is 1. The molecule has 0 unspecified atom stereocenters. The average Bonchev–Trinajstić information content (AvgIpc) is 2.91. The van der Waals surface area contributed by atoms with E-state index in [4.69, 9.17) is 9.47 Å². The van der Waals surface area contributed by atoms with Crippen molar-refractivity contribution in [1.29, 1.82) is 0 Å². The van der Waals surface area contributed by atoms with Crippen LogP contribution < -0.4 is 9.47 Å². The molecule has 0 aliphatic carbocycles. The van der Waals surface area contributed by atoms with Crippen LogP contribution in [-0.4, -0.2) is 43.0 Å². The smallest absolute Gasteiger partial charge is 0.295 e. The molecule has 0 bridgehead atoms. The van der Waals surface area contributed by atoms with Gasteiger partial charge in [-0.25, -0.2) is 0 Å². The van der Waals surface area contributed by atoms with Gasteiger partial charge in [0, 0.05) is 24.2 Å². The summed E-state index contributed by atoms with van der Waals surface area (Å²) in [5.41, 5.74) is 1.09. The highest BCUT2D eigenvalue weighted by molar-refractivity contribution is 6.46. The van der Waals surface area contributed by atoms with Gasteiger partial charge in [-0.05, 0) is 12.1 Å². The molecule has 0 aromatic heterocycles. The molecule has 1 heterocycles. The number of ether oxygens (including phenoxy) is 2. The van der Waals surface area contributed by atoms with E-state index in [0.29, 0.717) is 22.6 Å². The Bertz CT molecular complexity index is 888. The van der Waals surface area contributed by atoms with E-state index in [1.54, 1.807) is 48.5 Å². The monoisotopic (exact) mass is 353 g/mol. The molecule has 1 saturated heterocycles. The van der Waals surface area contributed by atoms with Crippen LogP contribution in [0.15, 0.2) is 54.1 Å². The molecular formula is C20H19NO5. The van der Waals surface area contributed by atoms with Crippen molar-refractivity contribution < 1.29 is 24.2 Å². The van der Waals surface area contributed by atoms with Gasteiger partial charge in [-0.2, -0.15) is 0 Å². The van der Waals surface area contributed by atoms with Crippen molar-refractivity contribution in [2.45, 2.75) is 6.04 Å². The van der Waals surface area contributed by atoms with Crippen LogP contribution in [0.25, 0.3) is 5.76 Å². The molecule has 1 fully saturated rings. The molecule has 0 saturated carbocycles. The first-order valence-corrected chi connectivity index (χ1v) is 8.01. The summed E-state index contributed by atoms with van der Waals surface area (Å²) >= 11 is 0. The van der Waals surface area contributed by atoms with Gasteiger partial charge in [-0.1, -0.05) is 30.3 Å². The largest absolute Gasteiger partial charge is 0.507 e. The van der Waals surface area contributed by atoms with Crippen molar-refractivity contribution in [3.63, 3.8) is 0 Å².